The largest absolute Gasteiger partial charge is 0.358 e. The van der Waals surface area contributed by atoms with Crippen molar-refractivity contribution in [3.8, 4) is 22.6 Å². The molecule has 0 aromatic carbocycles. The van der Waals surface area contributed by atoms with Gasteiger partial charge in [-0.1, -0.05) is 6.58 Å². The molecule has 0 fully saturated rings. The first kappa shape index (κ1) is 29.5. The number of nitrogens with one attached hydrogen (secondary N) is 1. The lowest BCUT2D eigenvalue weighted by Crippen LogP contribution is -2.39. The fourth-order valence-electron chi connectivity index (χ4n) is 5.87. The molecular weight excluding hydrogens is 584 g/mol. The summed E-state index contributed by atoms with van der Waals surface area (Å²) in [5, 5.41) is 10.3. The Morgan fingerprint density at radius 1 is 1.25 bits per heavy atom. The molecule has 1 N–H and O–H groups in total. The number of pyridine rings is 2. The summed E-state index contributed by atoms with van der Waals surface area (Å²) in [6, 6.07) is 5.76. The molecule has 1 unspecified atom stereocenters. The minimum atomic E-state index is -0.759. The number of hydrogen-bond acceptors (Lipinski definition) is 7. The maximum atomic E-state index is 14.8. The van der Waals surface area contributed by atoms with Gasteiger partial charge in [0.2, 0.25) is 11.8 Å². The summed E-state index contributed by atoms with van der Waals surface area (Å²) >= 11 is 1.43. The van der Waals surface area contributed by atoms with Crippen molar-refractivity contribution in [2.75, 3.05) is 26.7 Å². The van der Waals surface area contributed by atoms with Crippen LogP contribution in [-0.2, 0) is 29.1 Å². The van der Waals surface area contributed by atoms with E-state index in [1.165, 1.54) is 23.5 Å². The van der Waals surface area contributed by atoms with Crippen LogP contribution in [0.2, 0.25) is 0 Å². The van der Waals surface area contributed by atoms with E-state index in [4.69, 9.17) is 15.1 Å². The highest BCUT2D eigenvalue weighted by molar-refractivity contribution is 7.17. The summed E-state index contributed by atoms with van der Waals surface area (Å²) < 4.78 is 30.4. The summed E-state index contributed by atoms with van der Waals surface area (Å²) in [6.07, 6.45) is 6.03. The molecule has 12 heteroatoms. The molecular formula is C32H31F2N7O2S. The van der Waals surface area contributed by atoms with Gasteiger partial charge in [0.15, 0.2) is 0 Å². The van der Waals surface area contributed by atoms with Crippen LogP contribution in [0.25, 0.3) is 38.8 Å². The van der Waals surface area contributed by atoms with Gasteiger partial charge in [0.05, 0.1) is 36.8 Å². The number of hydrogen-bond donors (Lipinski definition) is 1. The van der Waals surface area contributed by atoms with Crippen molar-refractivity contribution in [1.82, 2.24) is 34.9 Å². The van der Waals surface area contributed by atoms with E-state index in [9.17, 15) is 18.4 Å². The molecule has 226 valence electrons. The fourth-order valence-corrected chi connectivity index (χ4v) is 6.79. The van der Waals surface area contributed by atoms with Crippen LogP contribution in [0.3, 0.4) is 0 Å². The second-order valence-electron chi connectivity index (χ2n) is 10.9. The van der Waals surface area contributed by atoms with E-state index in [-0.39, 0.29) is 24.2 Å². The molecule has 2 amide bonds. The molecule has 2 aliphatic rings. The summed E-state index contributed by atoms with van der Waals surface area (Å²) in [6.45, 7) is 8.03. The van der Waals surface area contributed by atoms with E-state index in [0.29, 0.717) is 48.8 Å². The Morgan fingerprint density at radius 2 is 2.09 bits per heavy atom. The van der Waals surface area contributed by atoms with E-state index < -0.39 is 5.83 Å². The molecule has 4 aromatic heterocycles. The van der Waals surface area contributed by atoms with Crippen LogP contribution in [0.4, 0.5) is 8.78 Å². The minimum absolute atomic E-state index is 0.0450. The molecule has 4 aromatic rings. The van der Waals surface area contributed by atoms with E-state index in [2.05, 4.69) is 22.9 Å². The van der Waals surface area contributed by atoms with Gasteiger partial charge in [0.1, 0.15) is 17.2 Å². The lowest BCUT2D eigenvalue weighted by molar-refractivity contribution is -0.128. The van der Waals surface area contributed by atoms with Gasteiger partial charge < -0.3 is 10.2 Å². The normalized spacial score (nSPS) is 17.1. The Kier molecular flexibility index (Phi) is 8.19. The molecule has 0 bridgehead atoms. The zero-order valence-electron chi connectivity index (χ0n) is 24.4. The Labute approximate surface area is 257 Å². The lowest BCUT2D eigenvalue weighted by atomic mass is 9.99. The lowest BCUT2D eigenvalue weighted by Gasteiger charge is -2.31. The van der Waals surface area contributed by atoms with Crippen LogP contribution in [0, 0.1) is 0 Å². The zero-order valence-corrected chi connectivity index (χ0v) is 25.2. The maximum Gasteiger partial charge on any atom is 0.246 e. The first-order valence-electron chi connectivity index (χ1n) is 14.3. The third kappa shape index (κ3) is 5.58. The molecule has 2 aliphatic heterocycles. The van der Waals surface area contributed by atoms with E-state index in [1.807, 2.05) is 29.1 Å². The van der Waals surface area contributed by atoms with E-state index >= 15 is 0 Å². The van der Waals surface area contributed by atoms with Crippen molar-refractivity contribution < 1.29 is 18.4 Å². The number of rotatable bonds is 7. The van der Waals surface area contributed by atoms with Crippen molar-refractivity contribution in [2.45, 2.75) is 32.5 Å². The SMILES string of the molecule is C=CC(=O)N1Cc2cc(-c3nc(-c4cnc5c(c4)CN(CC(=O)NC)CC5)c4ccsc4c3C=C(F)/C=C/F)nn2C(C)C1. The molecule has 0 spiro atoms. The van der Waals surface area contributed by atoms with Crippen LogP contribution in [-0.4, -0.2) is 68.0 Å². The topological polar surface area (TPSA) is 96.2 Å². The third-order valence-corrected chi connectivity index (χ3v) is 8.93. The predicted octanol–water partition coefficient (Wildman–Crippen LogP) is 5.21. The van der Waals surface area contributed by atoms with Crippen molar-refractivity contribution >= 4 is 39.3 Å². The standard InChI is InChI=1S/C32H31F2N7O2S/c1-4-29(43)40-15-19(2)41-23(17-40)13-27(38-41)31-25(12-22(34)5-8-33)32-24(7-10-44-32)30(37-31)20-11-21-16-39(18-28(42)35-3)9-6-26(21)36-14-20/h4-5,7-8,10-14,19H,1,6,9,15-18H2,2-3H3,(H,35,42)/b8-5+,22-12?. The molecule has 1 atom stereocenters. The second-order valence-corrected chi connectivity index (χ2v) is 11.8. The molecule has 0 aliphatic carbocycles. The Hall–Kier alpha value is -4.55. The number of nitrogens with zero attached hydrogens (tertiary/aromatic N) is 6. The van der Waals surface area contributed by atoms with Gasteiger partial charge in [-0.3, -0.25) is 24.2 Å². The number of halogens is 2. The van der Waals surface area contributed by atoms with Crippen molar-refractivity contribution in [2.24, 2.45) is 0 Å². The van der Waals surface area contributed by atoms with Gasteiger partial charge in [-0.05, 0) is 48.2 Å². The molecule has 44 heavy (non-hydrogen) atoms. The highest BCUT2D eigenvalue weighted by atomic mass is 32.1. The average Bonchev–Trinajstić information content (AvgIpc) is 3.69. The van der Waals surface area contributed by atoms with Crippen molar-refractivity contribution in [1.29, 1.82) is 0 Å². The molecule has 0 saturated heterocycles. The van der Waals surface area contributed by atoms with Gasteiger partial charge in [0.25, 0.3) is 0 Å². The number of thiophene rings is 1. The molecule has 0 radical (unpaired) electrons. The van der Waals surface area contributed by atoms with Crippen LogP contribution in [0.5, 0.6) is 0 Å². The summed E-state index contributed by atoms with van der Waals surface area (Å²) in [4.78, 5) is 38.0. The second kappa shape index (κ2) is 12.2. The van der Waals surface area contributed by atoms with E-state index in [0.717, 1.165) is 51.6 Å². The summed E-state index contributed by atoms with van der Waals surface area (Å²) in [7, 11) is 1.63. The van der Waals surface area contributed by atoms with Gasteiger partial charge in [-0.2, -0.15) is 5.10 Å². The van der Waals surface area contributed by atoms with Gasteiger partial charge in [0, 0.05) is 72.3 Å². The number of carbonyl (C=O) groups excluding carboxylic acids is 2. The number of allylic oxidation sites excluding steroid dienone is 2. The average molecular weight is 616 g/mol. The van der Waals surface area contributed by atoms with Crippen LogP contribution in [0.1, 0.15) is 35.5 Å². The summed E-state index contributed by atoms with van der Waals surface area (Å²) in [5.74, 6) is -0.968. The smallest absolute Gasteiger partial charge is 0.246 e. The monoisotopic (exact) mass is 615 g/mol. The number of carbonyl (C=O) groups is 2. The van der Waals surface area contributed by atoms with Crippen LogP contribution < -0.4 is 5.32 Å². The number of aromatic nitrogens is 4. The van der Waals surface area contributed by atoms with Crippen molar-refractivity contribution in [3.63, 3.8) is 0 Å². The third-order valence-electron chi connectivity index (χ3n) is 7.98. The number of fused-ring (bicyclic) bond motifs is 3. The van der Waals surface area contributed by atoms with Crippen LogP contribution in [0.15, 0.2) is 60.7 Å². The fraction of sp³-hybridized carbons (Fsp3) is 0.281. The van der Waals surface area contributed by atoms with Crippen molar-refractivity contribution in [3.05, 3.63) is 83.2 Å². The van der Waals surface area contributed by atoms with Crippen LogP contribution >= 0.6 is 11.3 Å². The zero-order chi connectivity index (χ0) is 31.0. The minimum Gasteiger partial charge on any atom is -0.358 e. The Balaban J connectivity index is 1.49. The molecule has 6 heterocycles. The Morgan fingerprint density at radius 3 is 2.86 bits per heavy atom. The molecule has 6 rings (SSSR count). The first-order valence-corrected chi connectivity index (χ1v) is 15.1. The van der Waals surface area contributed by atoms with Gasteiger partial charge in [-0.25, -0.2) is 13.8 Å². The molecule has 9 nitrogen and oxygen atoms in total. The maximum absolute atomic E-state index is 14.8. The van der Waals surface area contributed by atoms with Gasteiger partial charge in [-0.15, -0.1) is 11.3 Å². The van der Waals surface area contributed by atoms with E-state index in [1.54, 1.807) is 18.1 Å². The molecule has 0 saturated carbocycles. The highest BCUT2D eigenvalue weighted by Crippen LogP contribution is 2.40. The quantitative estimate of drug-likeness (QED) is 0.227. The first-order chi connectivity index (χ1) is 21.3. The predicted molar refractivity (Wildman–Crippen MR) is 167 cm³/mol. The van der Waals surface area contributed by atoms with Gasteiger partial charge >= 0.3 is 0 Å². The number of likely N-dealkylation sites (N-methyl/N-ethyl adjacent to an activating group) is 1. The summed E-state index contributed by atoms with van der Waals surface area (Å²) in [5.41, 5.74) is 5.71. The number of amides is 2. The highest BCUT2D eigenvalue weighted by Gasteiger charge is 2.28. The Bertz CT molecular complexity index is 1840.